The van der Waals surface area contributed by atoms with Gasteiger partial charge in [-0.1, -0.05) is 11.6 Å². The minimum atomic E-state index is -0.999. The third-order valence-corrected chi connectivity index (χ3v) is 4.89. The highest BCUT2D eigenvalue weighted by atomic mass is 35.5. The number of aliphatic hydroxyl groups is 1. The molecule has 2 aromatic heterocycles. The molecule has 0 fully saturated rings. The summed E-state index contributed by atoms with van der Waals surface area (Å²) in [5.41, 5.74) is -0.918. The van der Waals surface area contributed by atoms with Gasteiger partial charge in [0.25, 0.3) is 0 Å². The number of carbonyl (C=O) groups is 1. The molecule has 0 amide bonds. The van der Waals surface area contributed by atoms with E-state index in [9.17, 15) is 14.7 Å². The van der Waals surface area contributed by atoms with Crippen LogP contribution in [0.1, 0.15) is 41.0 Å². The van der Waals surface area contributed by atoms with E-state index in [1.54, 1.807) is 52.8 Å². The Hall–Kier alpha value is -2.62. The lowest BCUT2D eigenvalue weighted by Crippen LogP contribution is -2.35. The Morgan fingerprint density at radius 1 is 1.19 bits per heavy atom. The smallest absolute Gasteiger partial charge is 0.423 e. The zero-order valence-electron chi connectivity index (χ0n) is 18.4. The molecule has 0 aliphatic carbocycles. The van der Waals surface area contributed by atoms with Crippen molar-refractivity contribution in [1.29, 1.82) is 0 Å². The van der Waals surface area contributed by atoms with Crippen LogP contribution in [-0.2, 0) is 11.3 Å². The number of ether oxygens (including phenoxy) is 1. The summed E-state index contributed by atoms with van der Waals surface area (Å²) in [4.78, 5) is 33.8. The predicted octanol–water partition coefficient (Wildman–Crippen LogP) is 4.59. The average molecular weight is 482 g/mol. The average Bonchev–Trinajstić information content (AvgIpc) is 2.92. The maximum Gasteiger partial charge on any atom is 0.423 e. The van der Waals surface area contributed by atoms with Gasteiger partial charge >= 0.3 is 11.8 Å². The number of nitrogens with one attached hydrogen (secondary N) is 1. The summed E-state index contributed by atoms with van der Waals surface area (Å²) in [6, 6.07) is 4.99. The number of hydrogen-bond acceptors (Lipinski definition) is 7. The molecule has 3 aromatic rings. The molecule has 0 aliphatic rings. The second kappa shape index (κ2) is 8.73. The lowest BCUT2D eigenvalue weighted by molar-refractivity contribution is 0.0535. The number of benzene rings is 1. The Bertz CT molecular complexity index is 1220. The van der Waals surface area contributed by atoms with Gasteiger partial charge in [0.05, 0.1) is 22.8 Å². The molecule has 0 atom stereocenters. The van der Waals surface area contributed by atoms with E-state index >= 15 is 0 Å². The van der Waals surface area contributed by atoms with Crippen LogP contribution in [0.5, 0.6) is 0 Å². The number of rotatable bonds is 5. The first-order chi connectivity index (χ1) is 14.7. The Morgan fingerprint density at radius 2 is 1.88 bits per heavy atom. The van der Waals surface area contributed by atoms with E-state index in [0.29, 0.717) is 29.0 Å². The van der Waals surface area contributed by atoms with E-state index in [0.717, 1.165) is 4.57 Å². The highest BCUT2D eigenvalue weighted by molar-refractivity contribution is 6.33. The summed E-state index contributed by atoms with van der Waals surface area (Å²) in [6.45, 7) is 8.67. The van der Waals surface area contributed by atoms with Crippen LogP contribution in [0.15, 0.2) is 29.2 Å². The maximum atomic E-state index is 13.2. The van der Waals surface area contributed by atoms with E-state index in [1.807, 2.05) is 0 Å². The summed E-state index contributed by atoms with van der Waals surface area (Å²) >= 11 is 12.0. The fourth-order valence-electron chi connectivity index (χ4n) is 2.99. The Morgan fingerprint density at radius 3 is 2.50 bits per heavy atom. The van der Waals surface area contributed by atoms with Crippen LogP contribution in [0.2, 0.25) is 10.3 Å². The van der Waals surface area contributed by atoms with Gasteiger partial charge in [0.15, 0.2) is 5.82 Å². The molecule has 0 spiro atoms. The van der Waals surface area contributed by atoms with Gasteiger partial charge in [0.2, 0.25) is 5.28 Å². The number of hydrogen-bond donors (Lipinski definition) is 2. The van der Waals surface area contributed by atoms with Crippen molar-refractivity contribution in [3.63, 3.8) is 0 Å². The Labute approximate surface area is 194 Å². The van der Waals surface area contributed by atoms with Crippen molar-refractivity contribution >= 4 is 51.8 Å². The van der Waals surface area contributed by atoms with Crippen LogP contribution in [0.3, 0.4) is 0 Å². The quantitative estimate of drug-likeness (QED) is 0.512. The minimum Gasteiger partial charge on any atom is -0.443 e. The minimum absolute atomic E-state index is 0.0242. The zero-order valence-corrected chi connectivity index (χ0v) is 20.0. The SMILES string of the molecule is CC(C)(O)CCn1c(=O)n(C(=O)OC(C)(C)C)c2ccc(Nc3nc(Cl)ncc3Cl)cc21. The van der Waals surface area contributed by atoms with Crippen LogP contribution in [0.25, 0.3) is 11.0 Å². The van der Waals surface area contributed by atoms with Gasteiger partial charge in [-0.2, -0.15) is 9.55 Å². The van der Waals surface area contributed by atoms with Crippen molar-refractivity contribution in [3.05, 3.63) is 45.2 Å². The molecule has 0 saturated heterocycles. The largest absolute Gasteiger partial charge is 0.443 e. The van der Waals surface area contributed by atoms with Crippen LogP contribution < -0.4 is 11.0 Å². The van der Waals surface area contributed by atoms with Crippen molar-refractivity contribution in [2.45, 2.75) is 58.8 Å². The molecule has 32 heavy (non-hydrogen) atoms. The molecule has 0 aliphatic heterocycles. The standard InChI is InChI=1S/C21H25Cl2N5O4/c1-20(2,3)32-19(30)28-14-7-6-12(25-16-13(22)11-24-17(23)26-16)10-15(14)27(18(28)29)9-8-21(4,5)31/h6-7,10-11,31H,8-9H2,1-5H3,(H,24,25,26). The number of aryl methyl sites for hydroxylation is 1. The number of aromatic nitrogens is 4. The molecule has 0 saturated carbocycles. The zero-order chi connectivity index (χ0) is 23.8. The van der Waals surface area contributed by atoms with Gasteiger partial charge in [-0.25, -0.2) is 14.6 Å². The molecule has 1 aromatic carbocycles. The molecular formula is C21H25Cl2N5O4. The van der Waals surface area contributed by atoms with E-state index in [2.05, 4.69) is 15.3 Å². The number of carbonyl (C=O) groups excluding carboxylic acids is 1. The van der Waals surface area contributed by atoms with E-state index in [-0.39, 0.29) is 16.9 Å². The monoisotopic (exact) mass is 481 g/mol. The van der Waals surface area contributed by atoms with Crippen LogP contribution in [0, 0.1) is 0 Å². The summed E-state index contributed by atoms with van der Waals surface area (Å²) in [5.74, 6) is 0.294. The second-order valence-corrected chi connectivity index (χ2v) is 9.72. The van der Waals surface area contributed by atoms with Crippen molar-refractivity contribution in [3.8, 4) is 0 Å². The lowest BCUT2D eigenvalue weighted by Gasteiger charge is -2.19. The number of fused-ring (bicyclic) bond motifs is 1. The third kappa shape index (κ3) is 5.59. The van der Waals surface area contributed by atoms with Crippen LogP contribution in [-0.4, -0.2) is 41.5 Å². The highest BCUT2D eigenvalue weighted by Crippen LogP contribution is 2.27. The molecule has 2 N–H and O–H groups in total. The first-order valence-corrected chi connectivity index (χ1v) is 10.7. The van der Waals surface area contributed by atoms with Crippen LogP contribution in [0.4, 0.5) is 16.3 Å². The Kier molecular flexibility index (Phi) is 6.55. The summed E-state index contributed by atoms with van der Waals surface area (Å²) < 4.78 is 7.84. The molecule has 0 radical (unpaired) electrons. The van der Waals surface area contributed by atoms with Gasteiger partial charge in [0.1, 0.15) is 10.6 Å². The first kappa shape index (κ1) is 24.0. The molecule has 0 unspecified atom stereocenters. The van der Waals surface area contributed by atoms with Gasteiger partial charge in [0, 0.05) is 12.2 Å². The molecular weight excluding hydrogens is 457 g/mol. The summed E-state index contributed by atoms with van der Waals surface area (Å²) in [7, 11) is 0. The van der Waals surface area contributed by atoms with E-state index < -0.39 is 23.0 Å². The summed E-state index contributed by atoms with van der Waals surface area (Å²) in [5, 5.41) is 13.5. The number of imidazole rings is 1. The molecule has 9 nitrogen and oxygen atoms in total. The van der Waals surface area contributed by atoms with Crippen LogP contribution >= 0.6 is 23.2 Å². The third-order valence-electron chi connectivity index (χ3n) is 4.43. The van der Waals surface area contributed by atoms with E-state index in [1.165, 1.54) is 10.8 Å². The molecule has 0 bridgehead atoms. The summed E-state index contributed by atoms with van der Waals surface area (Å²) in [6.07, 6.45) is 0.891. The van der Waals surface area contributed by atoms with Gasteiger partial charge in [-0.3, -0.25) is 4.57 Å². The fourth-order valence-corrected chi connectivity index (χ4v) is 3.26. The lowest BCUT2D eigenvalue weighted by atomic mass is 10.1. The molecule has 11 heteroatoms. The Balaban J connectivity index is 2.11. The van der Waals surface area contributed by atoms with E-state index in [4.69, 9.17) is 27.9 Å². The normalized spacial score (nSPS) is 12.2. The number of anilines is 2. The molecule has 2 heterocycles. The number of nitrogens with zero attached hydrogens (tertiary/aromatic N) is 4. The van der Waals surface area contributed by atoms with Gasteiger partial charge in [-0.15, -0.1) is 0 Å². The highest BCUT2D eigenvalue weighted by Gasteiger charge is 2.25. The first-order valence-electron chi connectivity index (χ1n) is 9.91. The second-order valence-electron chi connectivity index (χ2n) is 8.98. The molecule has 3 rings (SSSR count). The van der Waals surface area contributed by atoms with Crippen molar-refractivity contribution in [2.24, 2.45) is 0 Å². The predicted molar refractivity (Wildman–Crippen MR) is 124 cm³/mol. The topological polar surface area (TPSA) is 111 Å². The number of halogens is 2. The van der Waals surface area contributed by atoms with Crippen molar-refractivity contribution < 1.29 is 14.6 Å². The maximum absolute atomic E-state index is 13.2. The van der Waals surface area contributed by atoms with Crippen molar-refractivity contribution in [1.82, 2.24) is 19.1 Å². The van der Waals surface area contributed by atoms with Gasteiger partial charge in [-0.05, 0) is 70.8 Å². The fraction of sp³-hybridized carbons (Fsp3) is 0.429. The molecule has 172 valence electrons. The van der Waals surface area contributed by atoms with Crippen molar-refractivity contribution in [2.75, 3.05) is 5.32 Å². The van der Waals surface area contributed by atoms with Gasteiger partial charge < -0.3 is 15.2 Å².